The van der Waals surface area contributed by atoms with Gasteiger partial charge in [-0.3, -0.25) is 0 Å². The molecule has 0 unspecified atom stereocenters. The summed E-state index contributed by atoms with van der Waals surface area (Å²) in [7, 11) is -1.66. The van der Waals surface area contributed by atoms with Gasteiger partial charge in [-0.1, -0.05) is 25.7 Å². The molecule has 6 heteroatoms. The Morgan fingerprint density at radius 3 is 1.77 bits per heavy atom. The highest BCUT2D eigenvalue weighted by molar-refractivity contribution is 6.33. The van der Waals surface area contributed by atoms with Crippen LogP contribution in [0.1, 0.15) is 79.1 Å². The van der Waals surface area contributed by atoms with Gasteiger partial charge in [-0.2, -0.15) is 0 Å². The Kier molecular flexibility index (Phi) is 10.0. The van der Waals surface area contributed by atoms with Crippen LogP contribution < -0.4 is 0 Å². The summed E-state index contributed by atoms with van der Waals surface area (Å²) in [4.78, 5) is 0. The van der Waals surface area contributed by atoms with Gasteiger partial charge in [0.05, 0.1) is 17.0 Å². The van der Waals surface area contributed by atoms with Gasteiger partial charge in [0.1, 0.15) is 0 Å². The molecule has 0 amide bonds. The summed E-state index contributed by atoms with van der Waals surface area (Å²) in [5.41, 5.74) is -2.01. The van der Waals surface area contributed by atoms with E-state index < -0.39 is 18.5 Å². The van der Waals surface area contributed by atoms with Gasteiger partial charge in [0.25, 0.3) is 0 Å². The van der Waals surface area contributed by atoms with Crippen LogP contribution in [-0.2, 0) is 4.65 Å². The van der Waals surface area contributed by atoms with Crippen molar-refractivity contribution in [2.75, 3.05) is 0 Å². The fourth-order valence-electron chi connectivity index (χ4n) is 1.76. The van der Waals surface area contributed by atoms with Crippen LogP contribution in [0.4, 0.5) is 0 Å². The first-order valence-corrected chi connectivity index (χ1v) is 8.20. The molecule has 130 valence electrons. The summed E-state index contributed by atoms with van der Waals surface area (Å²) in [5.74, 6) is 0.738. The summed E-state index contributed by atoms with van der Waals surface area (Å²) in [5, 5.41) is 35.6. The molecule has 0 heterocycles. The van der Waals surface area contributed by atoms with E-state index in [0.29, 0.717) is 0 Å². The average molecular weight is 316 g/mol. The lowest BCUT2D eigenvalue weighted by molar-refractivity contribution is -0.107. The second kappa shape index (κ2) is 10.3. The molecule has 0 fully saturated rings. The van der Waals surface area contributed by atoms with E-state index in [2.05, 4.69) is 0 Å². The Labute approximate surface area is 135 Å². The van der Waals surface area contributed by atoms with Crippen molar-refractivity contribution in [3.05, 3.63) is 11.8 Å². The zero-order valence-electron chi connectivity index (χ0n) is 14.5. The van der Waals surface area contributed by atoms with Crippen LogP contribution in [0.3, 0.4) is 0 Å². The molecule has 22 heavy (non-hydrogen) atoms. The molecule has 0 aliphatic heterocycles. The van der Waals surface area contributed by atoms with Crippen LogP contribution in [0.15, 0.2) is 11.8 Å². The highest BCUT2D eigenvalue weighted by atomic mass is 16.6. The molecule has 0 aromatic carbocycles. The van der Waals surface area contributed by atoms with E-state index >= 15 is 0 Å². The van der Waals surface area contributed by atoms with Crippen LogP contribution >= 0.6 is 0 Å². The van der Waals surface area contributed by atoms with E-state index in [9.17, 15) is 0 Å². The Morgan fingerprint density at radius 1 is 0.864 bits per heavy atom. The fraction of sp³-hybridized carbons (Fsp3) is 0.875. The van der Waals surface area contributed by atoms with E-state index in [0.717, 1.165) is 25.0 Å². The predicted octanol–water partition coefficient (Wildman–Crippen LogP) is 2.52. The molecule has 0 bridgehead atoms. The molecule has 0 saturated heterocycles. The highest BCUT2D eigenvalue weighted by Gasteiger charge is 2.31. The van der Waals surface area contributed by atoms with Crippen molar-refractivity contribution in [2.45, 2.75) is 90.3 Å². The minimum atomic E-state index is -1.66. The van der Waals surface area contributed by atoms with Crippen molar-refractivity contribution in [2.24, 2.45) is 0 Å². The highest BCUT2D eigenvalue weighted by Crippen LogP contribution is 2.19. The van der Waals surface area contributed by atoms with Gasteiger partial charge >= 0.3 is 7.32 Å². The van der Waals surface area contributed by atoms with Crippen molar-refractivity contribution >= 4 is 7.32 Å². The second-order valence-corrected chi connectivity index (χ2v) is 6.89. The van der Waals surface area contributed by atoms with Crippen molar-refractivity contribution in [1.29, 1.82) is 0 Å². The number of hydrogen-bond donors (Lipinski definition) is 4. The minimum absolute atomic E-state index is 0.738. The summed E-state index contributed by atoms with van der Waals surface area (Å²) in [6, 6.07) is 0. The van der Waals surface area contributed by atoms with E-state index in [1.807, 2.05) is 6.08 Å². The largest absolute Gasteiger partial charge is 0.707 e. The maximum absolute atomic E-state index is 9.10. The smallest absolute Gasteiger partial charge is 0.516 e. The van der Waals surface area contributed by atoms with Gasteiger partial charge in [-0.05, 0) is 53.0 Å². The molecule has 0 saturated carbocycles. The maximum Gasteiger partial charge on any atom is 0.707 e. The standard InChI is InChI=1S/C10H19BO3.C6H14O2/c12-11(13)14-10-8-6-4-2-1-3-5-7-9-10;1-5(2,7)6(3,4)8/h8,12-13H,1-7,9H2;7-8H,1-4H3. The Balaban J connectivity index is 0.000000472. The molecule has 0 spiro atoms. The zero-order chi connectivity index (χ0) is 17.2. The first kappa shape index (κ1) is 21.4. The Bertz CT molecular complexity index is 303. The summed E-state index contributed by atoms with van der Waals surface area (Å²) in [6.45, 7) is 6.31. The quantitative estimate of drug-likeness (QED) is 0.601. The molecular weight excluding hydrogens is 283 g/mol. The normalized spacial score (nSPS) is 17.7. The molecule has 0 aromatic rings. The third-order valence-corrected chi connectivity index (χ3v) is 4.00. The van der Waals surface area contributed by atoms with Gasteiger partial charge in [0, 0.05) is 6.42 Å². The predicted molar refractivity (Wildman–Crippen MR) is 88.9 cm³/mol. The fourth-order valence-corrected chi connectivity index (χ4v) is 1.76. The number of aliphatic hydroxyl groups is 2. The van der Waals surface area contributed by atoms with Gasteiger partial charge < -0.3 is 24.9 Å². The molecule has 1 rings (SSSR count). The molecule has 1 aliphatic rings. The summed E-state index contributed by atoms with van der Waals surface area (Å²) < 4.78 is 4.90. The maximum atomic E-state index is 9.10. The lowest BCUT2D eigenvalue weighted by Gasteiger charge is -2.31. The Morgan fingerprint density at radius 2 is 1.32 bits per heavy atom. The molecule has 4 N–H and O–H groups in total. The molecular formula is C16H33BO5. The SMILES string of the molecule is CC(C)(O)C(C)(C)O.OB(O)OC1=CCCCCCCCC1. The van der Waals surface area contributed by atoms with Gasteiger partial charge in [-0.25, -0.2) is 0 Å². The second-order valence-electron chi connectivity index (χ2n) is 6.89. The third-order valence-electron chi connectivity index (χ3n) is 4.00. The molecule has 1 aliphatic carbocycles. The number of rotatable bonds is 3. The van der Waals surface area contributed by atoms with Crippen molar-refractivity contribution in [3.8, 4) is 0 Å². The van der Waals surface area contributed by atoms with Crippen molar-refractivity contribution in [3.63, 3.8) is 0 Å². The van der Waals surface area contributed by atoms with Crippen LogP contribution in [0, 0.1) is 0 Å². The monoisotopic (exact) mass is 316 g/mol. The summed E-state index contributed by atoms with van der Waals surface area (Å²) >= 11 is 0. The molecule has 0 atom stereocenters. The average Bonchev–Trinajstić information content (AvgIpc) is 2.35. The van der Waals surface area contributed by atoms with Gasteiger partial charge in [-0.15, -0.1) is 0 Å². The minimum Gasteiger partial charge on any atom is -0.516 e. The molecule has 0 radical (unpaired) electrons. The number of hydrogen-bond acceptors (Lipinski definition) is 5. The van der Waals surface area contributed by atoms with Crippen LogP contribution in [0.5, 0.6) is 0 Å². The zero-order valence-corrected chi connectivity index (χ0v) is 14.5. The van der Waals surface area contributed by atoms with E-state index in [1.165, 1.54) is 32.1 Å². The first-order chi connectivity index (χ1) is 10.0. The topological polar surface area (TPSA) is 90.2 Å². The Hall–Kier alpha value is -0.555. The van der Waals surface area contributed by atoms with E-state index in [4.69, 9.17) is 24.9 Å². The lowest BCUT2D eigenvalue weighted by atomic mass is 9.90. The molecule has 5 nitrogen and oxygen atoms in total. The van der Waals surface area contributed by atoms with E-state index in [1.54, 1.807) is 27.7 Å². The lowest BCUT2D eigenvalue weighted by Crippen LogP contribution is -2.44. The molecule has 0 aromatic heterocycles. The third kappa shape index (κ3) is 11.1. The van der Waals surface area contributed by atoms with Gasteiger partial charge in [0.15, 0.2) is 0 Å². The van der Waals surface area contributed by atoms with Crippen LogP contribution in [0.25, 0.3) is 0 Å². The van der Waals surface area contributed by atoms with Crippen molar-refractivity contribution in [1.82, 2.24) is 0 Å². The van der Waals surface area contributed by atoms with Crippen molar-refractivity contribution < 1.29 is 24.9 Å². The first-order valence-electron chi connectivity index (χ1n) is 8.20. The van der Waals surface area contributed by atoms with Crippen LogP contribution in [0.2, 0.25) is 0 Å². The van der Waals surface area contributed by atoms with Crippen LogP contribution in [-0.4, -0.2) is 38.8 Å². The number of allylic oxidation sites excluding steroid dienone is 2. The van der Waals surface area contributed by atoms with E-state index in [-0.39, 0.29) is 0 Å². The van der Waals surface area contributed by atoms with Gasteiger partial charge in [0.2, 0.25) is 0 Å². The summed E-state index contributed by atoms with van der Waals surface area (Å²) in [6.07, 6.45) is 11.2.